The Morgan fingerprint density at radius 2 is 2.07 bits per heavy atom. The van der Waals surface area contributed by atoms with Gasteiger partial charge in [-0.15, -0.1) is 0 Å². The van der Waals surface area contributed by atoms with E-state index in [1.165, 1.54) is 45.3 Å². The third-order valence-corrected chi connectivity index (χ3v) is 4.81. The van der Waals surface area contributed by atoms with Gasteiger partial charge in [-0.05, 0) is 64.1 Å². The van der Waals surface area contributed by atoms with Crippen LogP contribution in [0.4, 0.5) is 0 Å². The van der Waals surface area contributed by atoms with Gasteiger partial charge in [0.05, 0.1) is 0 Å². The lowest BCUT2D eigenvalue weighted by Gasteiger charge is -2.27. The molecule has 2 aliphatic rings. The highest BCUT2D eigenvalue weighted by Gasteiger charge is 2.53. The van der Waals surface area contributed by atoms with Gasteiger partial charge in [-0.1, -0.05) is 6.92 Å². The molecule has 0 radical (unpaired) electrons. The van der Waals surface area contributed by atoms with Crippen LogP contribution in [0.15, 0.2) is 0 Å². The Bertz CT molecular complexity index is 209. The summed E-state index contributed by atoms with van der Waals surface area (Å²) in [6.07, 6.45) is 5.62. The molecule has 2 fully saturated rings. The second kappa shape index (κ2) is 4.42. The number of piperidine rings is 1. The molecular formula is C13H26N2. The summed E-state index contributed by atoms with van der Waals surface area (Å²) in [4.78, 5) is 2.56. The molecule has 2 unspecified atom stereocenters. The molecule has 1 saturated carbocycles. The van der Waals surface area contributed by atoms with Gasteiger partial charge in [0.2, 0.25) is 0 Å². The first kappa shape index (κ1) is 11.4. The zero-order chi connectivity index (χ0) is 10.9. The van der Waals surface area contributed by atoms with Crippen molar-refractivity contribution in [3.8, 4) is 0 Å². The predicted molar refractivity (Wildman–Crippen MR) is 65.0 cm³/mol. The summed E-state index contributed by atoms with van der Waals surface area (Å²) in [7, 11) is 2.29. The Morgan fingerprint density at radius 1 is 1.40 bits per heavy atom. The minimum Gasteiger partial charge on any atom is -0.317 e. The van der Waals surface area contributed by atoms with Crippen molar-refractivity contribution in [3.05, 3.63) is 0 Å². The SMILES string of the molecule is CCC(C)N(C)CC1CC12CCNCC2. The second-order valence-corrected chi connectivity index (χ2v) is 5.71. The highest BCUT2D eigenvalue weighted by molar-refractivity contribution is 5.05. The Labute approximate surface area is 94.4 Å². The molecular weight excluding hydrogens is 184 g/mol. The van der Waals surface area contributed by atoms with Crippen LogP contribution in [0.3, 0.4) is 0 Å². The van der Waals surface area contributed by atoms with Gasteiger partial charge in [0.25, 0.3) is 0 Å². The lowest BCUT2D eigenvalue weighted by Crippen LogP contribution is -2.34. The standard InChI is InChI=1S/C13H26N2/c1-4-11(2)15(3)10-12-9-13(12)5-7-14-8-6-13/h11-12,14H,4-10H2,1-3H3. The Kier molecular flexibility index (Phi) is 3.36. The fourth-order valence-corrected chi connectivity index (χ4v) is 3.07. The normalized spacial score (nSPS) is 30.8. The zero-order valence-corrected chi connectivity index (χ0v) is 10.6. The van der Waals surface area contributed by atoms with E-state index in [1.54, 1.807) is 0 Å². The molecule has 2 heteroatoms. The fourth-order valence-electron chi connectivity index (χ4n) is 3.07. The quantitative estimate of drug-likeness (QED) is 0.764. The molecule has 0 bridgehead atoms. The molecule has 1 saturated heterocycles. The largest absolute Gasteiger partial charge is 0.317 e. The van der Waals surface area contributed by atoms with Crippen molar-refractivity contribution in [2.24, 2.45) is 11.3 Å². The van der Waals surface area contributed by atoms with Crippen LogP contribution in [0, 0.1) is 11.3 Å². The lowest BCUT2D eigenvalue weighted by molar-refractivity contribution is 0.215. The van der Waals surface area contributed by atoms with Crippen LogP contribution in [0.25, 0.3) is 0 Å². The minimum absolute atomic E-state index is 0.754. The number of rotatable bonds is 4. The average Bonchev–Trinajstić information content (AvgIpc) is 2.90. The average molecular weight is 210 g/mol. The van der Waals surface area contributed by atoms with E-state index in [2.05, 4.69) is 31.1 Å². The summed E-state index contributed by atoms with van der Waals surface area (Å²) in [5, 5.41) is 3.47. The Morgan fingerprint density at radius 3 is 2.67 bits per heavy atom. The van der Waals surface area contributed by atoms with Crippen LogP contribution in [0.2, 0.25) is 0 Å². The molecule has 0 amide bonds. The first-order valence-electron chi connectivity index (χ1n) is 6.59. The monoisotopic (exact) mass is 210 g/mol. The van der Waals surface area contributed by atoms with Crippen molar-refractivity contribution in [3.63, 3.8) is 0 Å². The number of hydrogen-bond donors (Lipinski definition) is 1. The maximum atomic E-state index is 3.47. The lowest BCUT2D eigenvalue weighted by atomic mass is 9.92. The van der Waals surface area contributed by atoms with E-state index in [4.69, 9.17) is 0 Å². The first-order valence-corrected chi connectivity index (χ1v) is 6.59. The van der Waals surface area contributed by atoms with E-state index in [-0.39, 0.29) is 0 Å². The fraction of sp³-hybridized carbons (Fsp3) is 1.00. The molecule has 88 valence electrons. The smallest absolute Gasteiger partial charge is 0.00613 e. The third-order valence-electron chi connectivity index (χ3n) is 4.81. The molecule has 2 rings (SSSR count). The van der Waals surface area contributed by atoms with Crippen molar-refractivity contribution < 1.29 is 0 Å². The first-order chi connectivity index (χ1) is 7.18. The van der Waals surface area contributed by atoms with Crippen molar-refractivity contribution in [2.45, 2.75) is 45.6 Å². The van der Waals surface area contributed by atoms with Crippen LogP contribution in [-0.2, 0) is 0 Å². The summed E-state index contributed by atoms with van der Waals surface area (Å²) in [5.41, 5.74) is 0.757. The van der Waals surface area contributed by atoms with E-state index in [1.807, 2.05) is 0 Å². The van der Waals surface area contributed by atoms with Gasteiger partial charge in [-0.3, -0.25) is 0 Å². The predicted octanol–water partition coefficient (Wildman–Crippen LogP) is 2.11. The van der Waals surface area contributed by atoms with E-state index in [9.17, 15) is 0 Å². The minimum atomic E-state index is 0.754. The van der Waals surface area contributed by atoms with Gasteiger partial charge in [-0.2, -0.15) is 0 Å². The zero-order valence-electron chi connectivity index (χ0n) is 10.6. The highest BCUT2D eigenvalue weighted by Crippen LogP contribution is 2.58. The molecule has 0 aromatic heterocycles. The van der Waals surface area contributed by atoms with Gasteiger partial charge >= 0.3 is 0 Å². The molecule has 1 N–H and O–H groups in total. The molecule has 1 aliphatic carbocycles. The van der Waals surface area contributed by atoms with Crippen LogP contribution in [0.5, 0.6) is 0 Å². The van der Waals surface area contributed by atoms with Gasteiger partial charge < -0.3 is 10.2 Å². The molecule has 15 heavy (non-hydrogen) atoms. The summed E-state index contributed by atoms with van der Waals surface area (Å²) in [6.45, 7) is 8.47. The third kappa shape index (κ3) is 2.36. The van der Waals surface area contributed by atoms with Crippen LogP contribution >= 0.6 is 0 Å². The van der Waals surface area contributed by atoms with Gasteiger partial charge in [0.15, 0.2) is 0 Å². The molecule has 1 aliphatic heterocycles. The maximum absolute atomic E-state index is 3.47. The van der Waals surface area contributed by atoms with Crippen LogP contribution in [0.1, 0.15) is 39.5 Å². The maximum Gasteiger partial charge on any atom is 0.00613 e. The topological polar surface area (TPSA) is 15.3 Å². The Balaban J connectivity index is 1.78. The summed E-state index contributed by atoms with van der Waals surface area (Å²) in [5.74, 6) is 0.999. The summed E-state index contributed by atoms with van der Waals surface area (Å²) < 4.78 is 0. The van der Waals surface area contributed by atoms with Gasteiger partial charge in [0.1, 0.15) is 0 Å². The van der Waals surface area contributed by atoms with Gasteiger partial charge in [-0.25, -0.2) is 0 Å². The van der Waals surface area contributed by atoms with Crippen molar-refractivity contribution >= 4 is 0 Å². The molecule has 2 atom stereocenters. The van der Waals surface area contributed by atoms with E-state index in [0.717, 1.165) is 17.4 Å². The van der Waals surface area contributed by atoms with Gasteiger partial charge in [0, 0.05) is 12.6 Å². The van der Waals surface area contributed by atoms with Crippen molar-refractivity contribution in [2.75, 3.05) is 26.7 Å². The Hall–Kier alpha value is -0.0800. The van der Waals surface area contributed by atoms with Crippen molar-refractivity contribution in [1.29, 1.82) is 0 Å². The highest BCUT2D eigenvalue weighted by atomic mass is 15.1. The van der Waals surface area contributed by atoms with Crippen molar-refractivity contribution in [1.82, 2.24) is 10.2 Å². The number of nitrogens with zero attached hydrogens (tertiary/aromatic N) is 1. The summed E-state index contributed by atoms with van der Waals surface area (Å²) >= 11 is 0. The number of nitrogens with one attached hydrogen (secondary N) is 1. The van der Waals surface area contributed by atoms with Crippen LogP contribution in [-0.4, -0.2) is 37.6 Å². The number of hydrogen-bond acceptors (Lipinski definition) is 2. The molecule has 0 aromatic carbocycles. The molecule has 2 nitrogen and oxygen atoms in total. The summed E-state index contributed by atoms with van der Waals surface area (Å²) in [6, 6.07) is 0.754. The molecule has 0 aromatic rings. The van der Waals surface area contributed by atoms with Crippen LogP contribution < -0.4 is 5.32 Å². The van der Waals surface area contributed by atoms with E-state index >= 15 is 0 Å². The van der Waals surface area contributed by atoms with E-state index in [0.29, 0.717) is 0 Å². The second-order valence-electron chi connectivity index (χ2n) is 5.71. The molecule has 1 spiro atoms. The molecule has 1 heterocycles. The van der Waals surface area contributed by atoms with E-state index < -0.39 is 0 Å².